The fourth-order valence-electron chi connectivity index (χ4n) is 1.71. The molecule has 0 atom stereocenters. The van der Waals surface area contributed by atoms with Crippen molar-refractivity contribution in [1.29, 1.82) is 0 Å². The van der Waals surface area contributed by atoms with Crippen molar-refractivity contribution in [3.05, 3.63) is 23.8 Å². The zero-order valence-electron chi connectivity index (χ0n) is 11.8. The Bertz CT molecular complexity index is 408. The molecule has 19 heavy (non-hydrogen) atoms. The van der Waals surface area contributed by atoms with Gasteiger partial charge in [-0.05, 0) is 31.2 Å². The minimum atomic E-state index is 0.0647. The molecule has 0 aromatic heterocycles. The lowest BCUT2D eigenvalue weighted by Gasteiger charge is -2.10. The summed E-state index contributed by atoms with van der Waals surface area (Å²) in [5.41, 5.74) is 1.10. The summed E-state index contributed by atoms with van der Waals surface area (Å²) in [4.78, 5) is 11.4. The van der Waals surface area contributed by atoms with Crippen LogP contribution < -0.4 is 20.1 Å². The maximum absolute atomic E-state index is 11.4. The summed E-state index contributed by atoms with van der Waals surface area (Å²) in [5, 5.41) is 5.82. The Kier molecular flexibility index (Phi) is 6.74. The van der Waals surface area contributed by atoms with Gasteiger partial charge in [0.2, 0.25) is 5.91 Å². The maximum atomic E-state index is 11.4. The van der Waals surface area contributed by atoms with Gasteiger partial charge in [0, 0.05) is 19.5 Å². The minimum absolute atomic E-state index is 0.0647. The summed E-state index contributed by atoms with van der Waals surface area (Å²) in [5.74, 6) is 1.49. The molecule has 0 fully saturated rings. The Morgan fingerprint density at radius 2 is 1.89 bits per heavy atom. The molecule has 0 heterocycles. The maximum Gasteiger partial charge on any atom is 0.221 e. The van der Waals surface area contributed by atoms with E-state index < -0.39 is 0 Å². The van der Waals surface area contributed by atoms with Crippen molar-refractivity contribution in [1.82, 2.24) is 10.6 Å². The van der Waals surface area contributed by atoms with Crippen LogP contribution in [-0.4, -0.2) is 40.3 Å². The average molecular weight is 266 g/mol. The van der Waals surface area contributed by atoms with Crippen molar-refractivity contribution in [2.75, 3.05) is 34.4 Å². The van der Waals surface area contributed by atoms with Crippen molar-refractivity contribution in [3.63, 3.8) is 0 Å². The van der Waals surface area contributed by atoms with Gasteiger partial charge in [0.15, 0.2) is 11.5 Å². The average Bonchev–Trinajstić information content (AvgIpc) is 2.44. The van der Waals surface area contributed by atoms with E-state index >= 15 is 0 Å². The first kappa shape index (κ1) is 15.3. The van der Waals surface area contributed by atoms with Crippen LogP contribution in [0.15, 0.2) is 18.2 Å². The number of carbonyl (C=O) groups is 1. The monoisotopic (exact) mass is 266 g/mol. The van der Waals surface area contributed by atoms with E-state index in [1.54, 1.807) is 14.2 Å². The Morgan fingerprint density at radius 3 is 2.53 bits per heavy atom. The van der Waals surface area contributed by atoms with E-state index in [-0.39, 0.29) is 5.91 Å². The van der Waals surface area contributed by atoms with Crippen LogP contribution in [0.3, 0.4) is 0 Å². The van der Waals surface area contributed by atoms with Crippen molar-refractivity contribution in [2.45, 2.75) is 12.8 Å². The van der Waals surface area contributed by atoms with Gasteiger partial charge in [0.05, 0.1) is 14.2 Å². The van der Waals surface area contributed by atoms with Gasteiger partial charge in [-0.15, -0.1) is 0 Å². The first-order valence-electron chi connectivity index (χ1n) is 6.33. The minimum Gasteiger partial charge on any atom is -0.493 e. The van der Waals surface area contributed by atoms with Crippen LogP contribution in [0.5, 0.6) is 11.5 Å². The number of methoxy groups -OCH3 is 2. The summed E-state index contributed by atoms with van der Waals surface area (Å²) in [6.45, 7) is 1.32. The van der Waals surface area contributed by atoms with Crippen LogP contribution in [0.4, 0.5) is 0 Å². The molecule has 0 unspecified atom stereocenters. The molecule has 5 nitrogen and oxygen atoms in total. The first-order chi connectivity index (χ1) is 9.21. The Hall–Kier alpha value is -1.75. The zero-order valence-corrected chi connectivity index (χ0v) is 11.8. The van der Waals surface area contributed by atoms with Crippen LogP contribution in [0, 0.1) is 0 Å². The van der Waals surface area contributed by atoms with Gasteiger partial charge >= 0.3 is 0 Å². The molecule has 0 bridgehead atoms. The summed E-state index contributed by atoms with van der Waals surface area (Å²) >= 11 is 0. The number of hydrogen-bond donors (Lipinski definition) is 2. The molecule has 5 heteroatoms. The fraction of sp³-hybridized carbons (Fsp3) is 0.500. The Morgan fingerprint density at radius 1 is 1.16 bits per heavy atom. The summed E-state index contributed by atoms with van der Waals surface area (Å²) in [6.07, 6.45) is 1.27. The van der Waals surface area contributed by atoms with Gasteiger partial charge in [0.25, 0.3) is 0 Å². The zero-order chi connectivity index (χ0) is 14.1. The predicted octanol–water partition coefficient (Wildman–Crippen LogP) is 0.972. The summed E-state index contributed by atoms with van der Waals surface area (Å²) < 4.78 is 10.4. The third-order valence-corrected chi connectivity index (χ3v) is 2.79. The highest BCUT2D eigenvalue weighted by Crippen LogP contribution is 2.27. The van der Waals surface area contributed by atoms with Crippen LogP contribution in [0.1, 0.15) is 12.0 Å². The second kappa shape index (κ2) is 8.37. The van der Waals surface area contributed by atoms with E-state index in [0.29, 0.717) is 31.0 Å². The topological polar surface area (TPSA) is 59.6 Å². The molecule has 106 valence electrons. The van der Waals surface area contributed by atoms with Crippen molar-refractivity contribution in [3.8, 4) is 11.5 Å². The highest BCUT2D eigenvalue weighted by Gasteiger charge is 2.05. The molecular formula is C14H22N2O3. The number of rotatable bonds is 8. The molecule has 0 spiro atoms. The predicted molar refractivity (Wildman–Crippen MR) is 74.8 cm³/mol. The highest BCUT2D eigenvalue weighted by molar-refractivity contribution is 5.76. The number of nitrogens with one attached hydrogen (secondary N) is 2. The lowest BCUT2D eigenvalue weighted by atomic mass is 10.1. The number of amides is 1. The van der Waals surface area contributed by atoms with Crippen molar-refractivity contribution in [2.24, 2.45) is 0 Å². The third kappa shape index (κ3) is 5.18. The number of hydrogen-bond acceptors (Lipinski definition) is 4. The normalized spacial score (nSPS) is 10.1. The van der Waals surface area contributed by atoms with Crippen LogP contribution >= 0.6 is 0 Å². The molecule has 1 aromatic rings. The van der Waals surface area contributed by atoms with Gasteiger partial charge in [0.1, 0.15) is 0 Å². The smallest absolute Gasteiger partial charge is 0.221 e. The van der Waals surface area contributed by atoms with Crippen LogP contribution in [-0.2, 0) is 11.2 Å². The lowest BCUT2D eigenvalue weighted by molar-refractivity contribution is -0.120. The van der Waals surface area contributed by atoms with E-state index in [1.807, 2.05) is 25.2 Å². The van der Waals surface area contributed by atoms with Gasteiger partial charge in [-0.2, -0.15) is 0 Å². The molecule has 0 saturated carbocycles. The molecule has 0 radical (unpaired) electrons. The first-order valence-corrected chi connectivity index (χ1v) is 6.33. The summed E-state index contributed by atoms with van der Waals surface area (Å²) in [6, 6.07) is 5.77. The lowest BCUT2D eigenvalue weighted by Crippen LogP contribution is -2.28. The molecule has 0 aliphatic rings. The standard InChI is InChI=1S/C14H22N2O3/c1-15-8-7-14(17)16-9-6-11-4-5-12(18-2)13(10-11)19-3/h4-5,10,15H,6-9H2,1-3H3,(H,16,17). The van der Waals surface area contributed by atoms with Crippen molar-refractivity contribution < 1.29 is 14.3 Å². The molecular weight excluding hydrogens is 244 g/mol. The number of ether oxygens (including phenoxy) is 2. The van der Waals surface area contributed by atoms with Gasteiger partial charge < -0.3 is 20.1 Å². The molecule has 1 amide bonds. The van der Waals surface area contributed by atoms with E-state index in [0.717, 1.165) is 12.0 Å². The molecule has 0 aliphatic carbocycles. The van der Waals surface area contributed by atoms with E-state index in [9.17, 15) is 4.79 Å². The van der Waals surface area contributed by atoms with Crippen LogP contribution in [0.2, 0.25) is 0 Å². The molecule has 1 rings (SSSR count). The van der Waals surface area contributed by atoms with E-state index in [4.69, 9.17) is 9.47 Å². The van der Waals surface area contributed by atoms with Gasteiger partial charge in [-0.1, -0.05) is 6.07 Å². The second-order valence-electron chi connectivity index (χ2n) is 4.14. The summed E-state index contributed by atoms with van der Waals surface area (Å²) in [7, 11) is 5.05. The largest absolute Gasteiger partial charge is 0.493 e. The van der Waals surface area contributed by atoms with Crippen molar-refractivity contribution >= 4 is 5.91 Å². The Balaban J connectivity index is 2.43. The molecule has 0 saturated heterocycles. The fourth-order valence-corrected chi connectivity index (χ4v) is 1.71. The van der Waals surface area contributed by atoms with E-state index in [2.05, 4.69) is 10.6 Å². The SMILES string of the molecule is CNCCC(=O)NCCc1ccc(OC)c(OC)c1. The molecule has 0 aliphatic heterocycles. The number of carbonyl (C=O) groups excluding carboxylic acids is 1. The Labute approximate surface area is 114 Å². The third-order valence-electron chi connectivity index (χ3n) is 2.79. The number of benzene rings is 1. The van der Waals surface area contributed by atoms with Crippen LogP contribution in [0.25, 0.3) is 0 Å². The molecule has 1 aromatic carbocycles. The highest BCUT2D eigenvalue weighted by atomic mass is 16.5. The van der Waals surface area contributed by atoms with Gasteiger partial charge in [-0.3, -0.25) is 4.79 Å². The quantitative estimate of drug-likeness (QED) is 0.736. The molecule has 2 N–H and O–H groups in total. The van der Waals surface area contributed by atoms with Gasteiger partial charge in [-0.25, -0.2) is 0 Å². The van der Waals surface area contributed by atoms with E-state index in [1.165, 1.54) is 0 Å². The second-order valence-corrected chi connectivity index (χ2v) is 4.14.